The summed E-state index contributed by atoms with van der Waals surface area (Å²) in [5, 5.41) is 17.1. The van der Waals surface area contributed by atoms with Crippen LogP contribution in [0.5, 0.6) is 0 Å². The highest BCUT2D eigenvalue weighted by atomic mass is 16.1. The molecule has 11 aromatic carbocycles. The highest BCUT2D eigenvalue weighted by molar-refractivity contribution is 6.30. The van der Waals surface area contributed by atoms with E-state index in [9.17, 15) is 4.79 Å². The molecule has 0 N–H and O–H groups in total. The molecule has 0 unspecified atom stereocenters. The van der Waals surface area contributed by atoms with Crippen molar-refractivity contribution in [1.82, 2.24) is 13.5 Å². The quantitative estimate of drug-likeness (QED) is 0.163. The first-order valence-electron chi connectivity index (χ1n) is 22.3. The number of rotatable bonds is 3. The van der Waals surface area contributed by atoms with Gasteiger partial charge in [0.05, 0.1) is 33.1 Å². The summed E-state index contributed by atoms with van der Waals surface area (Å²) >= 11 is 0. The third-order valence-corrected chi connectivity index (χ3v) is 14.3. The predicted octanol–water partition coefficient (Wildman–Crippen LogP) is 15.5. The Morgan fingerprint density at radius 3 is 1.55 bits per heavy atom. The molecule has 4 nitrogen and oxygen atoms in total. The maximum atomic E-state index is 14.6. The van der Waals surface area contributed by atoms with Crippen molar-refractivity contribution in [2.24, 2.45) is 0 Å². The second-order valence-electron chi connectivity index (χ2n) is 17.5. The van der Waals surface area contributed by atoms with E-state index < -0.39 is 0 Å². The van der Waals surface area contributed by atoms with Gasteiger partial charge in [0.1, 0.15) is 0 Å². The summed E-state index contributed by atoms with van der Waals surface area (Å²) < 4.78 is 6.89. The molecule has 0 atom stereocenters. The van der Waals surface area contributed by atoms with Gasteiger partial charge in [0.25, 0.3) is 5.56 Å². The summed E-state index contributed by atoms with van der Waals surface area (Å²) in [6.45, 7) is 0. The number of benzene rings is 11. The molecule has 0 spiro atoms. The maximum Gasteiger partial charge on any atom is 0.263 e. The number of fused-ring (bicyclic) bond motifs is 18. The average Bonchev–Trinajstić information content (AvgIpc) is 4.02. The molecule has 0 aliphatic rings. The standard InChI is InChI=1S/C61H35N3O/c65-61-49-23-9-7-20-42(49)46-25-14-26-47-44-30-29-36(33-56(44)64(61)59(46)47)51-34-38(35-52-41-19-5-4-17-39(41)40-18-6-8-22-45(40)57(51)52)62-54-28-13-11-24-50(54)58-55(62)32-31-48-43-21-10-12-27-53(43)63(60(48)58)37-15-2-1-3-16-37/h1-35H. The first-order valence-corrected chi connectivity index (χ1v) is 22.3. The van der Waals surface area contributed by atoms with Crippen molar-refractivity contribution < 1.29 is 0 Å². The fourth-order valence-corrected chi connectivity index (χ4v) is 11.7. The van der Waals surface area contributed by atoms with Crippen molar-refractivity contribution in [2.45, 2.75) is 0 Å². The third-order valence-electron chi connectivity index (χ3n) is 14.3. The molecule has 0 aliphatic heterocycles. The van der Waals surface area contributed by atoms with Gasteiger partial charge in [-0.05, 0) is 103 Å². The van der Waals surface area contributed by atoms with Gasteiger partial charge in [0.15, 0.2) is 0 Å². The van der Waals surface area contributed by atoms with E-state index in [2.05, 4.69) is 203 Å². The van der Waals surface area contributed by atoms with E-state index in [1.54, 1.807) is 0 Å². The van der Waals surface area contributed by atoms with Crippen molar-refractivity contribution in [1.29, 1.82) is 0 Å². The molecule has 0 radical (unpaired) electrons. The van der Waals surface area contributed by atoms with Crippen LogP contribution in [0.2, 0.25) is 0 Å². The van der Waals surface area contributed by atoms with Crippen LogP contribution in [0.3, 0.4) is 0 Å². The molecule has 4 heteroatoms. The monoisotopic (exact) mass is 825 g/mol. The zero-order chi connectivity index (χ0) is 42.5. The lowest BCUT2D eigenvalue weighted by Gasteiger charge is -2.18. The molecule has 0 saturated carbocycles. The number of aromatic nitrogens is 3. The first-order chi connectivity index (χ1) is 32.2. The van der Waals surface area contributed by atoms with Crippen molar-refractivity contribution in [2.75, 3.05) is 0 Å². The van der Waals surface area contributed by atoms with Crippen molar-refractivity contribution in [3.63, 3.8) is 0 Å². The van der Waals surface area contributed by atoms with Crippen molar-refractivity contribution in [3.05, 3.63) is 223 Å². The molecule has 65 heavy (non-hydrogen) atoms. The SMILES string of the molecule is O=c1c2ccccc2c2cccc3c4ccc(-c5cc(-n6c7ccccc7c7c6ccc6c8ccccc8n(-c8ccccc8)c67)cc6c7ccccc7c7ccccc7c56)cc4n1c23. The van der Waals surface area contributed by atoms with Crippen molar-refractivity contribution in [3.8, 4) is 22.5 Å². The molecule has 15 aromatic rings. The molecular weight excluding hydrogens is 791 g/mol. The fourth-order valence-electron chi connectivity index (χ4n) is 11.7. The highest BCUT2D eigenvalue weighted by Gasteiger charge is 2.24. The molecule has 300 valence electrons. The normalized spacial score (nSPS) is 12.4. The Morgan fingerprint density at radius 1 is 0.277 bits per heavy atom. The zero-order valence-electron chi connectivity index (χ0n) is 35.0. The van der Waals surface area contributed by atoms with E-state index >= 15 is 0 Å². The smallest absolute Gasteiger partial charge is 0.263 e. The van der Waals surface area contributed by atoms with Crippen LogP contribution in [0, 0.1) is 0 Å². The van der Waals surface area contributed by atoms with Gasteiger partial charge in [-0.3, -0.25) is 9.20 Å². The lowest BCUT2D eigenvalue weighted by atomic mass is 9.88. The zero-order valence-corrected chi connectivity index (χ0v) is 35.0. The Morgan fingerprint density at radius 2 is 0.800 bits per heavy atom. The summed E-state index contributed by atoms with van der Waals surface area (Å²) in [6.07, 6.45) is 0. The molecule has 4 heterocycles. The maximum absolute atomic E-state index is 14.6. The third kappa shape index (κ3) is 4.52. The Bertz CT molecular complexity index is 4610. The molecule has 0 fully saturated rings. The van der Waals surface area contributed by atoms with Gasteiger partial charge in [0.2, 0.25) is 0 Å². The van der Waals surface area contributed by atoms with Crippen LogP contribution in [0.25, 0.3) is 136 Å². The van der Waals surface area contributed by atoms with Gasteiger partial charge < -0.3 is 9.13 Å². The summed E-state index contributed by atoms with van der Waals surface area (Å²) in [6, 6.07) is 76.7. The minimum absolute atomic E-state index is 0.0102. The minimum atomic E-state index is 0.0102. The van der Waals surface area contributed by atoms with E-state index in [1.165, 1.54) is 64.9 Å². The predicted molar refractivity (Wildman–Crippen MR) is 274 cm³/mol. The van der Waals surface area contributed by atoms with Crippen LogP contribution in [-0.2, 0) is 0 Å². The summed E-state index contributed by atoms with van der Waals surface area (Å²) in [7, 11) is 0. The molecule has 0 bridgehead atoms. The Kier molecular flexibility index (Phi) is 6.79. The largest absolute Gasteiger partial charge is 0.309 e. The summed E-state index contributed by atoms with van der Waals surface area (Å²) in [5.41, 5.74) is 11.0. The lowest BCUT2D eigenvalue weighted by Crippen LogP contribution is -2.12. The van der Waals surface area contributed by atoms with E-state index in [-0.39, 0.29) is 5.56 Å². The average molecular weight is 826 g/mol. The second-order valence-corrected chi connectivity index (χ2v) is 17.5. The lowest BCUT2D eigenvalue weighted by molar-refractivity contribution is 1.18. The highest BCUT2D eigenvalue weighted by Crippen LogP contribution is 2.46. The van der Waals surface area contributed by atoms with E-state index in [1.807, 2.05) is 22.6 Å². The van der Waals surface area contributed by atoms with Gasteiger partial charge in [-0.25, -0.2) is 0 Å². The van der Waals surface area contributed by atoms with Gasteiger partial charge in [0, 0.05) is 54.5 Å². The molecule has 0 amide bonds. The van der Waals surface area contributed by atoms with Gasteiger partial charge in [-0.1, -0.05) is 158 Å². The van der Waals surface area contributed by atoms with Gasteiger partial charge in [-0.15, -0.1) is 0 Å². The molecule has 15 rings (SSSR count). The van der Waals surface area contributed by atoms with Crippen LogP contribution in [0.15, 0.2) is 217 Å². The summed E-state index contributed by atoms with van der Waals surface area (Å²) in [5.74, 6) is 0. The van der Waals surface area contributed by atoms with E-state index in [4.69, 9.17) is 0 Å². The number of pyridine rings is 1. The number of nitrogens with zero attached hydrogens (tertiary/aromatic N) is 3. The minimum Gasteiger partial charge on any atom is -0.309 e. The fraction of sp³-hybridized carbons (Fsp3) is 0. The summed E-state index contributed by atoms with van der Waals surface area (Å²) in [4.78, 5) is 14.6. The Hall–Kier alpha value is -8.73. The Labute approximate surface area is 371 Å². The molecule has 0 aliphatic carbocycles. The number of hydrogen-bond acceptors (Lipinski definition) is 1. The molecule has 0 saturated heterocycles. The number of para-hydroxylation sites is 4. The van der Waals surface area contributed by atoms with Crippen LogP contribution >= 0.6 is 0 Å². The van der Waals surface area contributed by atoms with E-state index in [0.29, 0.717) is 0 Å². The van der Waals surface area contributed by atoms with Crippen LogP contribution in [0.4, 0.5) is 0 Å². The number of hydrogen-bond donors (Lipinski definition) is 0. The second kappa shape index (κ2) is 12.7. The van der Waals surface area contributed by atoms with Crippen molar-refractivity contribution >= 4 is 114 Å². The van der Waals surface area contributed by atoms with Gasteiger partial charge in [-0.2, -0.15) is 0 Å². The van der Waals surface area contributed by atoms with Gasteiger partial charge >= 0.3 is 0 Å². The Balaban J connectivity index is 1.11. The first kappa shape index (κ1) is 34.8. The molecule has 4 aromatic heterocycles. The van der Waals surface area contributed by atoms with Crippen LogP contribution in [-0.4, -0.2) is 13.5 Å². The van der Waals surface area contributed by atoms with E-state index in [0.717, 1.165) is 71.5 Å². The van der Waals surface area contributed by atoms with Crippen LogP contribution < -0.4 is 5.56 Å². The van der Waals surface area contributed by atoms with Crippen LogP contribution in [0.1, 0.15) is 0 Å². The molecular formula is C61H35N3O. The topological polar surface area (TPSA) is 31.3 Å².